The molecule has 0 aliphatic rings. The first-order valence-corrected chi connectivity index (χ1v) is 12.0. The van der Waals surface area contributed by atoms with Gasteiger partial charge in [0.15, 0.2) is 0 Å². The highest BCUT2D eigenvalue weighted by atomic mass is 14.8. The lowest BCUT2D eigenvalue weighted by atomic mass is 9.95. The second kappa shape index (κ2) is 8.40. The van der Waals surface area contributed by atoms with Gasteiger partial charge in [-0.1, -0.05) is 97.1 Å². The van der Waals surface area contributed by atoms with Gasteiger partial charge in [0.25, 0.3) is 0 Å². The van der Waals surface area contributed by atoms with E-state index in [0.29, 0.717) is 0 Å². The van der Waals surface area contributed by atoms with Crippen LogP contribution in [0, 0.1) is 0 Å². The van der Waals surface area contributed by atoms with Crippen LogP contribution in [0.5, 0.6) is 0 Å². The summed E-state index contributed by atoms with van der Waals surface area (Å²) in [6.07, 6.45) is 1.84. The molecule has 0 radical (unpaired) electrons. The molecule has 0 unspecified atom stereocenters. The second-order valence-electron chi connectivity index (χ2n) is 8.89. The van der Waals surface area contributed by atoms with Crippen LogP contribution >= 0.6 is 0 Å². The van der Waals surface area contributed by atoms with Crippen LogP contribution in [0.1, 0.15) is 0 Å². The normalized spacial score (nSPS) is 11.3. The Bertz CT molecular complexity index is 1880. The first-order chi connectivity index (χ1) is 17.8. The molecule has 7 rings (SSSR count). The average molecular weight is 460 g/mol. The van der Waals surface area contributed by atoms with E-state index >= 15 is 0 Å². The third-order valence-corrected chi connectivity index (χ3v) is 6.73. The van der Waals surface area contributed by atoms with E-state index in [1.54, 1.807) is 0 Å². The maximum atomic E-state index is 5.18. The molecule has 7 aromatic rings. The Hall–Kier alpha value is -4.89. The van der Waals surface area contributed by atoms with Crippen LogP contribution in [0.15, 0.2) is 128 Å². The van der Waals surface area contributed by atoms with Gasteiger partial charge in [-0.25, -0.2) is 9.97 Å². The van der Waals surface area contributed by atoms with E-state index in [4.69, 9.17) is 9.97 Å². The molecule has 0 aliphatic carbocycles. The number of benzene rings is 4. The first-order valence-electron chi connectivity index (χ1n) is 12.0. The fraction of sp³-hybridized carbons (Fsp3) is 0. The minimum atomic E-state index is 0.917. The molecule has 168 valence electrons. The zero-order valence-corrected chi connectivity index (χ0v) is 19.5. The summed E-state index contributed by atoms with van der Waals surface area (Å²) in [5.74, 6) is 0. The van der Waals surface area contributed by atoms with E-state index in [-0.39, 0.29) is 0 Å². The van der Waals surface area contributed by atoms with Crippen LogP contribution in [-0.2, 0) is 0 Å². The maximum absolute atomic E-state index is 5.18. The molecule has 3 aromatic heterocycles. The van der Waals surface area contributed by atoms with Crippen molar-refractivity contribution in [3.05, 3.63) is 128 Å². The summed E-state index contributed by atoms with van der Waals surface area (Å²) in [6.45, 7) is 0. The van der Waals surface area contributed by atoms with Gasteiger partial charge in [0.1, 0.15) is 0 Å². The molecule has 36 heavy (non-hydrogen) atoms. The summed E-state index contributed by atoms with van der Waals surface area (Å²) in [7, 11) is 0. The summed E-state index contributed by atoms with van der Waals surface area (Å²) in [5, 5.41) is 4.49. The summed E-state index contributed by atoms with van der Waals surface area (Å²) < 4.78 is 0. The van der Waals surface area contributed by atoms with Crippen molar-refractivity contribution in [2.75, 3.05) is 0 Å². The molecule has 0 N–H and O–H groups in total. The van der Waals surface area contributed by atoms with E-state index in [9.17, 15) is 0 Å². The van der Waals surface area contributed by atoms with Crippen molar-refractivity contribution in [3.8, 4) is 33.8 Å². The van der Waals surface area contributed by atoms with Crippen LogP contribution in [0.3, 0.4) is 0 Å². The van der Waals surface area contributed by atoms with Gasteiger partial charge in [-0.2, -0.15) is 0 Å². The molecule has 0 saturated heterocycles. The van der Waals surface area contributed by atoms with Crippen molar-refractivity contribution in [2.45, 2.75) is 0 Å². The Kier molecular flexibility index (Phi) is 4.78. The standard InChI is InChI=1S/C33H21N3/c1-2-8-22(9-3-1)29-19-15-23-13-14-24-16-20-31(36-33(24)32(23)35-29)28-18-17-27(30-12-6-7-21-34-30)25-10-4-5-11-26(25)28/h1-21H. The summed E-state index contributed by atoms with van der Waals surface area (Å²) in [5.41, 5.74) is 8.02. The smallest absolute Gasteiger partial charge is 0.0972 e. The average Bonchev–Trinajstić information content (AvgIpc) is 2.97. The Balaban J connectivity index is 1.45. The van der Waals surface area contributed by atoms with Crippen molar-refractivity contribution in [1.29, 1.82) is 0 Å². The van der Waals surface area contributed by atoms with Gasteiger partial charge in [0.05, 0.1) is 28.1 Å². The molecule has 0 fully saturated rings. The Morgan fingerprint density at radius 3 is 1.61 bits per heavy atom. The quantitative estimate of drug-likeness (QED) is 0.249. The number of rotatable bonds is 3. The minimum absolute atomic E-state index is 0.917. The number of nitrogens with zero attached hydrogens (tertiary/aromatic N) is 3. The monoisotopic (exact) mass is 459 g/mol. The van der Waals surface area contributed by atoms with Gasteiger partial charge in [-0.05, 0) is 35.0 Å². The van der Waals surface area contributed by atoms with Crippen molar-refractivity contribution in [3.63, 3.8) is 0 Å². The lowest BCUT2D eigenvalue weighted by molar-refractivity contribution is 1.33. The predicted octanol–water partition coefficient (Wildman–Crippen LogP) is 8.33. The van der Waals surface area contributed by atoms with Gasteiger partial charge >= 0.3 is 0 Å². The Morgan fingerprint density at radius 2 is 0.944 bits per heavy atom. The highest BCUT2D eigenvalue weighted by Crippen LogP contribution is 2.35. The first kappa shape index (κ1) is 20.5. The number of hydrogen-bond donors (Lipinski definition) is 0. The van der Waals surface area contributed by atoms with Crippen molar-refractivity contribution in [1.82, 2.24) is 15.0 Å². The third kappa shape index (κ3) is 3.41. The molecule has 0 saturated carbocycles. The molecule has 0 bridgehead atoms. The Morgan fingerprint density at radius 1 is 0.389 bits per heavy atom. The molecule has 0 atom stereocenters. The largest absolute Gasteiger partial charge is 0.256 e. The van der Waals surface area contributed by atoms with E-state index in [1.807, 2.05) is 36.5 Å². The second-order valence-corrected chi connectivity index (χ2v) is 8.89. The molecule has 3 nitrogen and oxygen atoms in total. The van der Waals surface area contributed by atoms with Gasteiger partial charge in [-0.15, -0.1) is 0 Å². The van der Waals surface area contributed by atoms with Crippen molar-refractivity contribution >= 4 is 32.6 Å². The number of aromatic nitrogens is 3. The molecule has 3 heteroatoms. The van der Waals surface area contributed by atoms with E-state index in [2.05, 4.69) is 96.0 Å². The third-order valence-electron chi connectivity index (χ3n) is 6.73. The molecule has 4 aromatic carbocycles. The van der Waals surface area contributed by atoms with Gasteiger partial charge < -0.3 is 0 Å². The van der Waals surface area contributed by atoms with Gasteiger partial charge in [0.2, 0.25) is 0 Å². The van der Waals surface area contributed by atoms with E-state index < -0.39 is 0 Å². The van der Waals surface area contributed by atoms with Gasteiger partial charge in [0, 0.05) is 33.7 Å². The highest BCUT2D eigenvalue weighted by molar-refractivity contribution is 6.07. The highest BCUT2D eigenvalue weighted by Gasteiger charge is 2.13. The lowest BCUT2D eigenvalue weighted by Crippen LogP contribution is -1.92. The molecule has 0 spiro atoms. The van der Waals surface area contributed by atoms with E-state index in [0.717, 1.165) is 66.4 Å². The fourth-order valence-corrected chi connectivity index (χ4v) is 4.96. The molecular formula is C33H21N3. The topological polar surface area (TPSA) is 38.7 Å². The number of fused-ring (bicyclic) bond motifs is 4. The molecular weight excluding hydrogens is 438 g/mol. The zero-order valence-electron chi connectivity index (χ0n) is 19.5. The van der Waals surface area contributed by atoms with E-state index in [1.165, 1.54) is 0 Å². The van der Waals surface area contributed by atoms with Crippen LogP contribution in [0.25, 0.3) is 66.4 Å². The maximum Gasteiger partial charge on any atom is 0.0972 e. The zero-order chi connectivity index (χ0) is 23.9. The SMILES string of the molecule is c1ccc(-c2ccc3ccc4ccc(-c5ccc(-c6ccccn6)c6ccccc56)nc4c3n2)cc1. The van der Waals surface area contributed by atoms with Crippen LogP contribution in [-0.4, -0.2) is 15.0 Å². The number of hydrogen-bond acceptors (Lipinski definition) is 3. The summed E-state index contributed by atoms with van der Waals surface area (Å²) >= 11 is 0. The van der Waals surface area contributed by atoms with Crippen molar-refractivity contribution in [2.24, 2.45) is 0 Å². The van der Waals surface area contributed by atoms with Crippen molar-refractivity contribution < 1.29 is 0 Å². The molecule has 3 heterocycles. The fourth-order valence-electron chi connectivity index (χ4n) is 4.96. The van der Waals surface area contributed by atoms with Crippen LogP contribution in [0.4, 0.5) is 0 Å². The summed E-state index contributed by atoms with van der Waals surface area (Å²) in [6, 6.07) is 41.8. The van der Waals surface area contributed by atoms with Crippen LogP contribution < -0.4 is 0 Å². The number of pyridine rings is 3. The van der Waals surface area contributed by atoms with Gasteiger partial charge in [-0.3, -0.25) is 4.98 Å². The minimum Gasteiger partial charge on any atom is -0.256 e. The molecule has 0 aliphatic heterocycles. The summed E-state index contributed by atoms with van der Waals surface area (Å²) in [4.78, 5) is 14.8. The molecule has 0 amide bonds. The Labute approximate surface area is 208 Å². The van der Waals surface area contributed by atoms with Crippen LogP contribution in [0.2, 0.25) is 0 Å². The lowest BCUT2D eigenvalue weighted by Gasteiger charge is -2.12. The predicted molar refractivity (Wildman–Crippen MR) is 149 cm³/mol.